The molecule has 1 aromatic heterocycles. The number of phenols is 1. The van der Waals surface area contributed by atoms with Gasteiger partial charge in [-0.05, 0) is 36.6 Å². The van der Waals surface area contributed by atoms with Crippen molar-refractivity contribution in [2.24, 2.45) is 0 Å². The van der Waals surface area contributed by atoms with E-state index in [1.165, 1.54) is 16.7 Å². The fourth-order valence-electron chi connectivity index (χ4n) is 3.49. The molecular formula is C19H19N3O4S. The van der Waals surface area contributed by atoms with Crippen molar-refractivity contribution >= 4 is 20.9 Å². The molecule has 0 bridgehead atoms. The van der Waals surface area contributed by atoms with E-state index in [-0.39, 0.29) is 21.5 Å². The summed E-state index contributed by atoms with van der Waals surface area (Å²) in [5, 5.41) is 10.5. The summed E-state index contributed by atoms with van der Waals surface area (Å²) in [6.45, 7) is 1.01. The highest BCUT2D eigenvalue weighted by Gasteiger charge is 2.28. The Balaban J connectivity index is 1.90. The van der Waals surface area contributed by atoms with Gasteiger partial charge >= 0.3 is 0 Å². The summed E-state index contributed by atoms with van der Waals surface area (Å²) in [5.41, 5.74) is 0.686. The Morgan fingerprint density at radius 3 is 2.59 bits per heavy atom. The number of phenolic OH excluding ortho intramolecular Hbond substituents is 1. The molecule has 2 heterocycles. The number of rotatable bonds is 3. The van der Waals surface area contributed by atoms with E-state index >= 15 is 0 Å². The monoisotopic (exact) mass is 385 g/mol. The third kappa shape index (κ3) is 3.11. The Labute approximate surface area is 156 Å². The van der Waals surface area contributed by atoms with Gasteiger partial charge in [0.2, 0.25) is 10.0 Å². The molecule has 3 aromatic rings. The van der Waals surface area contributed by atoms with Crippen LogP contribution in [0.3, 0.4) is 0 Å². The number of nitrogens with zero attached hydrogens (tertiary/aromatic N) is 2. The number of aromatic nitrogens is 2. The smallest absolute Gasteiger partial charge is 0.258 e. The minimum atomic E-state index is -3.67. The lowest BCUT2D eigenvalue weighted by molar-refractivity contribution is 0.347. The fourth-order valence-corrected chi connectivity index (χ4v) is 5.22. The minimum absolute atomic E-state index is 0.168. The summed E-state index contributed by atoms with van der Waals surface area (Å²) in [7, 11) is -3.67. The molecule has 0 saturated carbocycles. The lowest BCUT2D eigenvalue weighted by Crippen LogP contribution is -2.35. The largest absolute Gasteiger partial charge is 0.506 e. The van der Waals surface area contributed by atoms with Crippen LogP contribution in [0.25, 0.3) is 22.0 Å². The van der Waals surface area contributed by atoms with E-state index in [1.54, 1.807) is 30.3 Å². The Kier molecular flexibility index (Phi) is 4.45. The van der Waals surface area contributed by atoms with Crippen LogP contribution in [-0.2, 0) is 10.0 Å². The highest BCUT2D eigenvalue weighted by atomic mass is 32.2. The summed E-state index contributed by atoms with van der Waals surface area (Å²) in [4.78, 5) is 18.7. The van der Waals surface area contributed by atoms with Gasteiger partial charge in [0.1, 0.15) is 11.3 Å². The third-order valence-corrected chi connectivity index (χ3v) is 6.81. The van der Waals surface area contributed by atoms with Gasteiger partial charge in [0.05, 0.1) is 16.6 Å². The van der Waals surface area contributed by atoms with E-state index in [9.17, 15) is 18.3 Å². The molecular weight excluding hydrogens is 366 g/mol. The molecule has 2 aromatic carbocycles. The average molecular weight is 385 g/mol. The molecule has 0 unspecified atom stereocenters. The molecule has 1 aliphatic rings. The first kappa shape index (κ1) is 17.7. The summed E-state index contributed by atoms with van der Waals surface area (Å²) < 4.78 is 27.9. The van der Waals surface area contributed by atoms with Crippen molar-refractivity contribution in [2.75, 3.05) is 13.1 Å². The number of nitrogens with one attached hydrogen (secondary N) is 1. The van der Waals surface area contributed by atoms with Crippen molar-refractivity contribution in [1.29, 1.82) is 0 Å². The number of sulfonamides is 1. The second-order valence-electron chi connectivity index (χ2n) is 6.58. The number of hydrogen-bond donors (Lipinski definition) is 2. The van der Waals surface area contributed by atoms with E-state index in [4.69, 9.17) is 0 Å². The van der Waals surface area contributed by atoms with Gasteiger partial charge in [0.15, 0.2) is 0 Å². The van der Waals surface area contributed by atoms with Gasteiger partial charge in [-0.1, -0.05) is 24.6 Å². The predicted molar refractivity (Wildman–Crippen MR) is 102 cm³/mol. The van der Waals surface area contributed by atoms with Crippen LogP contribution in [0.4, 0.5) is 0 Å². The van der Waals surface area contributed by atoms with Crippen LogP contribution >= 0.6 is 0 Å². The van der Waals surface area contributed by atoms with Gasteiger partial charge in [0, 0.05) is 18.7 Å². The Morgan fingerprint density at radius 2 is 1.81 bits per heavy atom. The van der Waals surface area contributed by atoms with Gasteiger partial charge in [-0.15, -0.1) is 0 Å². The molecule has 0 atom stereocenters. The molecule has 8 heteroatoms. The molecule has 140 valence electrons. The molecule has 4 rings (SSSR count). The van der Waals surface area contributed by atoms with Crippen molar-refractivity contribution in [1.82, 2.24) is 14.3 Å². The molecule has 1 aliphatic heterocycles. The quantitative estimate of drug-likeness (QED) is 0.721. The summed E-state index contributed by atoms with van der Waals surface area (Å²) >= 11 is 0. The molecule has 0 spiro atoms. The van der Waals surface area contributed by atoms with Crippen molar-refractivity contribution < 1.29 is 13.5 Å². The van der Waals surface area contributed by atoms with Gasteiger partial charge in [-0.2, -0.15) is 4.31 Å². The van der Waals surface area contributed by atoms with Crippen molar-refractivity contribution in [3.63, 3.8) is 0 Å². The van der Waals surface area contributed by atoms with Crippen LogP contribution < -0.4 is 5.56 Å². The molecule has 0 amide bonds. The van der Waals surface area contributed by atoms with Crippen molar-refractivity contribution in [2.45, 2.75) is 24.2 Å². The maximum Gasteiger partial charge on any atom is 0.258 e. The van der Waals surface area contributed by atoms with Gasteiger partial charge in [0.25, 0.3) is 5.56 Å². The molecule has 0 radical (unpaired) electrons. The zero-order valence-electron chi connectivity index (χ0n) is 14.6. The highest BCUT2D eigenvalue weighted by Crippen LogP contribution is 2.34. The molecule has 2 N–H and O–H groups in total. The summed E-state index contributed by atoms with van der Waals surface area (Å²) in [6, 6.07) is 9.66. The first-order valence-corrected chi connectivity index (χ1v) is 10.2. The summed E-state index contributed by atoms with van der Waals surface area (Å²) in [5.74, 6) is -0.168. The van der Waals surface area contributed by atoms with Crippen LogP contribution in [0.5, 0.6) is 5.75 Å². The Hall–Kier alpha value is -2.71. The second-order valence-corrected chi connectivity index (χ2v) is 8.49. The Morgan fingerprint density at radius 1 is 1.07 bits per heavy atom. The van der Waals surface area contributed by atoms with Crippen molar-refractivity contribution in [3.05, 3.63) is 53.1 Å². The van der Waals surface area contributed by atoms with E-state index in [0.717, 1.165) is 19.3 Å². The number of benzene rings is 2. The molecule has 0 aliphatic carbocycles. The van der Waals surface area contributed by atoms with Crippen LogP contribution in [0, 0.1) is 0 Å². The lowest BCUT2D eigenvalue weighted by Gasteiger charge is -2.27. The molecule has 27 heavy (non-hydrogen) atoms. The number of hydrogen-bond acceptors (Lipinski definition) is 5. The van der Waals surface area contributed by atoms with Crippen LogP contribution in [0.2, 0.25) is 0 Å². The van der Waals surface area contributed by atoms with Crippen LogP contribution in [-0.4, -0.2) is 40.9 Å². The van der Waals surface area contributed by atoms with Gasteiger partial charge < -0.3 is 10.1 Å². The first-order valence-electron chi connectivity index (χ1n) is 8.78. The maximum absolute atomic E-state index is 13.2. The number of H-pyrrole nitrogens is 1. The van der Waals surface area contributed by atoms with Crippen molar-refractivity contribution in [3.8, 4) is 16.9 Å². The topological polar surface area (TPSA) is 103 Å². The Bertz CT molecular complexity index is 1170. The van der Waals surface area contributed by atoms with Gasteiger partial charge in [-0.3, -0.25) is 4.79 Å². The molecule has 1 saturated heterocycles. The normalized spacial score (nSPS) is 15.9. The average Bonchev–Trinajstić information content (AvgIpc) is 2.69. The number of piperidine rings is 1. The highest BCUT2D eigenvalue weighted by molar-refractivity contribution is 7.89. The number of aromatic amines is 1. The zero-order valence-corrected chi connectivity index (χ0v) is 15.4. The van der Waals surface area contributed by atoms with Crippen LogP contribution in [0.1, 0.15) is 19.3 Å². The lowest BCUT2D eigenvalue weighted by atomic mass is 10.0. The maximum atomic E-state index is 13.2. The fraction of sp³-hybridized carbons (Fsp3) is 0.263. The van der Waals surface area contributed by atoms with E-state index in [2.05, 4.69) is 9.97 Å². The first-order chi connectivity index (χ1) is 13.0. The zero-order chi connectivity index (χ0) is 19.0. The van der Waals surface area contributed by atoms with E-state index in [1.807, 2.05) is 0 Å². The number of fused-ring (bicyclic) bond motifs is 1. The SMILES string of the molecule is O=c1[nH]cnc2c(O)cc(-c3ccccc3S(=O)(=O)N3CCCCC3)cc12. The predicted octanol–water partition coefficient (Wildman–Crippen LogP) is 2.47. The summed E-state index contributed by atoms with van der Waals surface area (Å²) in [6.07, 6.45) is 3.94. The van der Waals surface area contributed by atoms with Crippen LogP contribution in [0.15, 0.2) is 52.4 Å². The third-order valence-electron chi connectivity index (χ3n) is 4.85. The molecule has 7 nitrogen and oxygen atoms in total. The van der Waals surface area contributed by atoms with E-state index < -0.39 is 15.6 Å². The second kappa shape index (κ2) is 6.79. The van der Waals surface area contributed by atoms with Gasteiger partial charge in [-0.25, -0.2) is 13.4 Å². The van der Waals surface area contributed by atoms with E-state index in [0.29, 0.717) is 24.2 Å². The minimum Gasteiger partial charge on any atom is -0.506 e. The molecule has 1 fully saturated rings. The standard InChI is InChI=1S/C19H19N3O4S/c23-16-11-13(10-15-18(16)20-12-21-19(15)24)14-6-2-3-7-17(14)27(25,26)22-8-4-1-5-9-22/h2-3,6-7,10-12,23H,1,4-5,8-9H2,(H,20,21,24). The number of aromatic hydroxyl groups is 1.